The highest BCUT2D eigenvalue weighted by Crippen LogP contribution is 2.25. The number of benzene rings is 2. The van der Waals surface area contributed by atoms with Crippen LogP contribution in [0.25, 0.3) is 22.2 Å². The van der Waals surface area contributed by atoms with E-state index in [4.69, 9.17) is 4.74 Å². The molecule has 0 aliphatic rings. The largest absolute Gasteiger partial charge is 0.466 e. The Kier molecular flexibility index (Phi) is 4.70. The van der Waals surface area contributed by atoms with Crippen LogP contribution in [0.15, 0.2) is 54.6 Å². The zero-order valence-corrected chi connectivity index (χ0v) is 13.4. The van der Waals surface area contributed by atoms with Crippen molar-refractivity contribution in [2.75, 3.05) is 13.7 Å². The molecular weight excluding hydrogens is 325 g/mol. The number of esters is 2. The molecule has 0 aliphatic carbocycles. The maximum Gasteiger partial charge on any atom is 0.344 e. The van der Waals surface area contributed by atoms with E-state index in [1.165, 1.54) is 19.2 Å². The number of hydrogen-bond donors (Lipinski definition) is 0. The number of methoxy groups -OCH3 is 1. The number of ether oxygens (including phenoxy) is 2. The molecule has 0 aliphatic heterocycles. The average Bonchev–Trinajstić information content (AvgIpc) is 2.65. The van der Waals surface area contributed by atoms with Crippen molar-refractivity contribution in [2.45, 2.75) is 0 Å². The molecule has 25 heavy (non-hydrogen) atoms. The third-order valence-corrected chi connectivity index (χ3v) is 3.62. The highest BCUT2D eigenvalue weighted by Gasteiger charge is 2.16. The summed E-state index contributed by atoms with van der Waals surface area (Å²) in [6, 6.07) is 14.4. The van der Waals surface area contributed by atoms with Crippen LogP contribution in [0.4, 0.5) is 4.39 Å². The van der Waals surface area contributed by atoms with Crippen LogP contribution in [-0.4, -0.2) is 30.6 Å². The lowest BCUT2D eigenvalue weighted by Crippen LogP contribution is -2.15. The van der Waals surface area contributed by atoms with E-state index < -0.39 is 18.5 Å². The van der Waals surface area contributed by atoms with Gasteiger partial charge in [0.2, 0.25) is 0 Å². The van der Waals surface area contributed by atoms with Gasteiger partial charge in [-0.15, -0.1) is 0 Å². The molecule has 1 aromatic heterocycles. The number of fused-ring (bicyclic) bond motifs is 1. The van der Waals surface area contributed by atoms with Crippen molar-refractivity contribution in [3.05, 3.63) is 66.0 Å². The van der Waals surface area contributed by atoms with Gasteiger partial charge < -0.3 is 9.47 Å². The molecule has 5 nitrogen and oxygen atoms in total. The summed E-state index contributed by atoms with van der Waals surface area (Å²) in [6.07, 6.45) is 0. The van der Waals surface area contributed by atoms with Gasteiger partial charge in [-0.1, -0.05) is 18.2 Å². The number of para-hydroxylation sites is 1. The molecule has 3 rings (SSSR count). The molecule has 6 heteroatoms. The zero-order chi connectivity index (χ0) is 17.8. The van der Waals surface area contributed by atoms with Gasteiger partial charge in [-0.3, -0.25) is 0 Å². The van der Waals surface area contributed by atoms with E-state index in [0.29, 0.717) is 22.2 Å². The Bertz CT molecular complexity index is 938. The van der Waals surface area contributed by atoms with Gasteiger partial charge in [0.05, 0.1) is 23.9 Å². The first kappa shape index (κ1) is 16.6. The Labute approximate surface area is 143 Å². The molecule has 126 valence electrons. The predicted octanol–water partition coefficient (Wildman–Crippen LogP) is 3.37. The van der Waals surface area contributed by atoms with Crippen molar-refractivity contribution in [3.63, 3.8) is 0 Å². The Hall–Kier alpha value is -3.28. The first-order chi connectivity index (χ1) is 12.1. The van der Waals surface area contributed by atoms with Gasteiger partial charge in [0.25, 0.3) is 0 Å². The molecule has 2 aromatic carbocycles. The standard InChI is InChI=1S/C19H14FNO4/c1-24-18(22)11-25-19(23)15-10-17(12-6-8-13(20)9-7-12)21-16-5-3-2-4-14(15)16/h2-10H,11H2,1H3. The number of hydrogen-bond acceptors (Lipinski definition) is 5. The molecule has 0 N–H and O–H groups in total. The summed E-state index contributed by atoms with van der Waals surface area (Å²) in [7, 11) is 1.21. The van der Waals surface area contributed by atoms with Crippen molar-refractivity contribution in [1.29, 1.82) is 0 Å². The fourth-order valence-electron chi connectivity index (χ4n) is 2.37. The maximum absolute atomic E-state index is 13.1. The van der Waals surface area contributed by atoms with Crippen LogP contribution in [0, 0.1) is 5.82 Å². The normalized spacial score (nSPS) is 10.5. The van der Waals surface area contributed by atoms with Crippen LogP contribution < -0.4 is 0 Å². The number of nitrogens with zero attached hydrogens (tertiary/aromatic N) is 1. The molecule has 0 atom stereocenters. The highest BCUT2D eigenvalue weighted by molar-refractivity contribution is 6.05. The predicted molar refractivity (Wildman–Crippen MR) is 89.4 cm³/mol. The molecule has 0 unspecified atom stereocenters. The van der Waals surface area contributed by atoms with E-state index in [0.717, 1.165) is 0 Å². The molecule has 0 spiro atoms. The van der Waals surface area contributed by atoms with E-state index in [2.05, 4.69) is 9.72 Å². The van der Waals surface area contributed by atoms with Gasteiger partial charge in [0.15, 0.2) is 6.61 Å². The lowest BCUT2D eigenvalue weighted by atomic mass is 10.0. The maximum atomic E-state index is 13.1. The van der Waals surface area contributed by atoms with Crippen LogP contribution in [-0.2, 0) is 14.3 Å². The lowest BCUT2D eigenvalue weighted by molar-refractivity contribution is -0.144. The summed E-state index contributed by atoms with van der Waals surface area (Å²) in [5.41, 5.74) is 2.03. The van der Waals surface area contributed by atoms with E-state index >= 15 is 0 Å². The van der Waals surface area contributed by atoms with Crippen molar-refractivity contribution in [2.24, 2.45) is 0 Å². The van der Waals surface area contributed by atoms with Crippen molar-refractivity contribution in [3.8, 4) is 11.3 Å². The molecule has 0 fully saturated rings. The average molecular weight is 339 g/mol. The number of carbonyl (C=O) groups is 2. The summed E-state index contributed by atoms with van der Waals surface area (Å²) >= 11 is 0. The highest BCUT2D eigenvalue weighted by atomic mass is 19.1. The van der Waals surface area contributed by atoms with Crippen LogP contribution in [0.2, 0.25) is 0 Å². The van der Waals surface area contributed by atoms with E-state index in [-0.39, 0.29) is 11.4 Å². The minimum atomic E-state index is -0.660. The molecule has 0 saturated carbocycles. The number of halogens is 1. The minimum Gasteiger partial charge on any atom is -0.466 e. The van der Waals surface area contributed by atoms with Gasteiger partial charge in [0, 0.05) is 10.9 Å². The second kappa shape index (κ2) is 7.09. The van der Waals surface area contributed by atoms with Gasteiger partial charge in [-0.25, -0.2) is 19.0 Å². The Balaban J connectivity index is 2.05. The monoisotopic (exact) mass is 339 g/mol. The van der Waals surface area contributed by atoms with Gasteiger partial charge in [-0.05, 0) is 36.4 Å². The summed E-state index contributed by atoms with van der Waals surface area (Å²) in [6.45, 7) is -0.474. The van der Waals surface area contributed by atoms with E-state index in [1.807, 2.05) is 0 Å². The van der Waals surface area contributed by atoms with E-state index in [9.17, 15) is 14.0 Å². The van der Waals surface area contributed by atoms with E-state index in [1.54, 1.807) is 42.5 Å². The number of carbonyl (C=O) groups excluding carboxylic acids is 2. The topological polar surface area (TPSA) is 65.5 Å². The van der Waals surface area contributed by atoms with Crippen molar-refractivity contribution >= 4 is 22.8 Å². The van der Waals surface area contributed by atoms with Crippen LogP contribution >= 0.6 is 0 Å². The van der Waals surface area contributed by atoms with Gasteiger partial charge in [-0.2, -0.15) is 0 Å². The summed E-state index contributed by atoms with van der Waals surface area (Å²) in [5.74, 6) is -1.67. The molecule has 0 radical (unpaired) electrons. The summed E-state index contributed by atoms with van der Waals surface area (Å²) in [5, 5.41) is 0.600. The molecule has 3 aromatic rings. The number of aromatic nitrogens is 1. The smallest absolute Gasteiger partial charge is 0.344 e. The van der Waals surface area contributed by atoms with Gasteiger partial charge in [0.1, 0.15) is 5.82 Å². The quantitative estimate of drug-likeness (QED) is 0.682. The molecule has 0 amide bonds. The van der Waals surface area contributed by atoms with Gasteiger partial charge >= 0.3 is 11.9 Å². The van der Waals surface area contributed by atoms with Crippen LogP contribution in [0.1, 0.15) is 10.4 Å². The molecular formula is C19H14FNO4. The zero-order valence-electron chi connectivity index (χ0n) is 13.4. The second-order valence-corrected chi connectivity index (χ2v) is 5.23. The number of rotatable bonds is 4. The number of pyridine rings is 1. The SMILES string of the molecule is COC(=O)COC(=O)c1cc(-c2ccc(F)cc2)nc2ccccc12. The van der Waals surface area contributed by atoms with Crippen molar-refractivity contribution < 1.29 is 23.5 Å². The third-order valence-electron chi connectivity index (χ3n) is 3.62. The van der Waals surface area contributed by atoms with Crippen molar-refractivity contribution in [1.82, 2.24) is 4.98 Å². The first-order valence-electron chi connectivity index (χ1n) is 7.48. The second-order valence-electron chi connectivity index (χ2n) is 5.23. The Morgan fingerprint density at radius 2 is 1.80 bits per heavy atom. The first-order valence-corrected chi connectivity index (χ1v) is 7.48. The molecule has 0 bridgehead atoms. The summed E-state index contributed by atoms with van der Waals surface area (Å²) in [4.78, 5) is 28.1. The summed E-state index contributed by atoms with van der Waals surface area (Å²) < 4.78 is 22.6. The minimum absolute atomic E-state index is 0.272. The third kappa shape index (κ3) is 3.63. The van der Waals surface area contributed by atoms with Crippen LogP contribution in [0.5, 0.6) is 0 Å². The fourth-order valence-corrected chi connectivity index (χ4v) is 2.37. The Morgan fingerprint density at radius 1 is 1.08 bits per heavy atom. The molecule has 1 heterocycles. The Morgan fingerprint density at radius 3 is 2.52 bits per heavy atom. The fraction of sp³-hybridized carbons (Fsp3) is 0.105. The van der Waals surface area contributed by atoms with Crippen LogP contribution in [0.3, 0.4) is 0 Å². The lowest BCUT2D eigenvalue weighted by Gasteiger charge is -2.09. The molecule has 0 saturated heterocycles.